The zero-order valence-corrected chi connectivity index (χ0v) is 12.6. The van der Waals surface area contributed by atoms with Gasteiger partial charge in [0.25, 0.3) is 0 Å². The molecule has 0 aromatic heterocycles. The van der Waals surface area contributed by atoms with E-state index >= 15 is 0 Å². The fourth-order valence-electron chi connectivity index (χ4n) is 2.46. The molecule has 0 radical (unpaired) electrons. The van der Waals surface area contributed by atoms with Crippen molar-refractivity contribution in [1.29, 1.82) is 5.26 Å². The van der Waals surface area contributed by atoms with Gasteiger partial charge in [0.1, 0.15) is 11.9 Å². The number of nitrogens with zero attached hydrogens (tertiary/aromatic N) is 1. The summed E-state index contributed by atoms with van der Waals surface area (Å²) in [6.07, 6.45) is -1.88. The van der Waals surface area contributed by atoms with Gasteiger partial charge in [-0.3, -0.25) is 5.32 Å². The van der Waals surface area contributed by atoms with Crippen LogP contribution in [0.25, 0.3) is 10.8 Å². The molecule has 1 atom stereocenters. The maximum atomic E-state index is 13.1. The molecule has 0 bridgehead atoms. The Morgan fingerprint density at radius 2 is 1.83 bits per heavy atom. The van der Waals surface area contributed by atoms with Crippen molar-refractivity contribution in [2.75, 3.05) is 5.32 Å². The third kappa shape index (κ3) is 3.33. The summed E-state index contributed by atoms with van der Waals surface area (Å²) >= 11 is 0. The van der Waals surface area contributed by atoms with Gasteiger partial charge in [-0.1, -0.05) is 48.5 Å². The average Bonchev–Trinajstić information content (AvgIpc) is 2.59. The summed E-state index contributed by atoms with van der Waals surface area (Å²) in [5.74, 6) is -0.473. The average molecular weight is 320 g/mol. The second kappa shape index (κ2) is 6.80. The Labute approximate surface area is 138 Å². The number of carbonyl (C=O) groups is 1. The molecule has 4 nitrogen and oxygen atoms in total. The van der Waals surface area contributed by atoms with E-state index in [0.29, 0.717) is 5.56 Å². The third-order valence-electron chi connectivity index (χ3n) is 3.52. The van der Waals surface area contributed by atoms with Crippen LogP contribution in [0.4, 0.5) is 14.9 Å². The molecule has 1 N–H and O–H groups in total. The first-order valence-corrected chi connectivity index (χ1v) is 7.28. The lowest BCUT2D eigenvalue weighted by Crippen LogP contribution is -2.17. The van der Waals surface area contributed by atoms with Crippen molar-refractivity contribution in [3.05, 3.63) is 78.1 Å². The zero-order chi connectivity index (χ0) is 16.9. The minimum Gasteiger partial charge on any atom is -0.426 e. The Kier molecular flexibility index (Phi) is 4.39. The number of halogens is 1. The number of anilines is 1. The van der Waals surface area contributed by atoms with Gasteiger partial charge in [0.15, 0.2) is 0 Å². The Hall–Kier alpha value is -3.39. The molecule has 0 saturated heterocycles. The van der Waals surface area contributed by atoms with E-state index in [1.807, 2.05) is 36.4 Å². The fraction of sp³-hybridized carbons (Fsp3) is 0.0526. The molecule has 24 heavy (non-hydrogen) atoms. The topological polar surface area (TPSA) is 62.1 Å². The van der Waals surface area contributed by atoms with Crippen LogP contribution in [-0.4, -0.2) is 6.09 Å². The largest absolute Gasteiger partial charge is 0.426 e. The normalized spacial score (nSPS) is 11.5. The first-order valence-electron chi connectivity index (χ1n) is 7.28. The molecule has 3 aromatic carbocycles. The number of carbonyl (C=O) groups excluding carboxylic acids is 1. The molecule has 1 amide bonds. The smallest absolute Gasteiger partial charge is 0.413 e. The van der Waals surface area contributed by atoms with Crippen LogP contribution in [0.15, 0.2) is 66.7 Å². The molecule has 5 heteroatoms. The van der Waals surface area contributed by atoms with Crippen LogP contribution in [0.5, 0.6) is 0 Å². The van der Waals surface area contributed by atoms with Crippen molar-refractivity contribution >= 4 is 22.6 Å². The molecule has 3 aromatic rings. The minimum atomic E-state index is -1.07. The molecule has 118 valence electrons. The van der Waals surface area contributed by atoms with E-state index in [-0.39, 0.29) is 5.69 Å². The number of nitriles is 1. The Bertz CT molecular complexity index is 929. The summed E-state index contributed by atoms with van der Waals surface area (Å²) in [4.78, 5) is 12.0. The summed E-state index contributed by atoms with van der Waals surface area (Å²) < 4.78 is 18.3. The van der Waals surface area contributed by atoms with E-state index in [2.05, 4.69) is 5.32 Å². The number of rotatable bonds is 3. The van der Waals surface area contributed by atoms with Crippen molar-refractivity contribution in [1.82, 2.24) is 0 Å². The third-order valence-corrected chi connectivity index (χ3v) is 3.52. The molecule has 0 heterocycles. The Balaban J connectivity index is 1.81. The monoisotopic (exact) mass is 320 g/mol. The van der Waals surface area contributed by atoms with Gasteiger partial charge in [-0.25, -0.2) is 9.18 Å². The van der Waals surface area contributed by atoms with Gasteiger partial charge < -0.3 is 4.74 Å². The highest BCUT2D eigenvalue weighted by Gasteiger charge is 2.18. The van der Waals surface area contributed by atoms with Crippen LogP contribution in [0.1, 0.15) is 11.7 Å². The van der Waals surface area contributed by atoms with E-state index in [1.165, 1.54) is 24.3 Å². The lowest BCUT2D eigenvalue weighted by atomic mass is 10.0. The van der Waals surface area contributed by atoms with E-state index in [1.54, 1.807) is 12.1 Å². The molecular weight excluding hydrogens is 307 g/mol. The molecule has 0 aliphatic carbocycles. The number of benzene rings is 3. The van der Waals surface area contributed by atoms with Crippen molar-refractivity contribution in [2.24, 2.45) is 0 Å². The molecule has 1 unspecified atom stereocenters. The lowest BCUT2D eigenvalue weighted by molar-refractivity contribution is 0.138. The van der Waals surface area contributed by atoms with Crippen LogP contribution in [-0.2, 0) is 4.74 Å². The van der Waals surface area contributed by atoms with E-state index in [9.17, 15) is 14.4 Å². The fourth-order valence-corrected chi connectivity index (χ4v) is 2.46. The number of hydrogen-bond donors (Lipinski definition) is 1. The number of fused-ring (bicyclic) bond motifs is 1. The van der Waals surface area contributed by atoms with Crippen LogP contribution < -0.4 is 5.32 Å². The molecule has 3 rings (SSSR count). The van der Waals surface area contributed by atoms with Crippen molar-refractivity contribution < 1.29 is 13.9 Å². The Morgan fingerprint density at radius 1 is 1.08 bits per heavy atom. The number of ether oxygens (including phenoxy) is 1. The Morgan fingerprint density at radius 3 is 2.62 bits per heavy atom. The van der Waals surface area contributed by atoms with Gasteiger partial charge in [-0.2, -0.15) is 5.26 Å². The summed E-state index contributed by atoms with van der Waals surface area (Å²) in [7, 11) is 0. The summed E-state index contributed by atoms with van der Waals surface area (Å²) in [5, 5.41) is 13.6. The van der Waals surface area contributed by atoms with Gasteiger partial charge in [0, 0.05) is 11.3 Å². The second-order valence-electron chi connectivity index (χ2n) is 5.12. The van der Waals surface area contributed by atoms with Gasteiger partial charge >= 0.3 is 6.09 Å². The van der Waals surface area contributed by atoms with Crippen molar-refractivity contribution in [3.63, 3.8) is 0 Å². The summed E-state index contributed by atoms with van der Waals surface area (Å²) in [5.41, 5.74) is 0.861. The zero-order valence-electron chi connectivity index (χ0n) is 12.6. The van der Waals surface area contributed by atoms with Crippen LogP contribution in [0, 0.1) is 17.1 Å². The molecule has 0 saturated carbocycles. The van der Waals surface area contributed by atoms with Crippen molar-refractivity contribution in [2.45, 2.75) is 6.10 Å². The molecule has 0 aliphatic rings. The maximum absolute atomic E-state index is 13.1. The predicted molar refractivity (Wildman–Crippen MR) is 88.8 cm³/mol. The van der Waals surface area contributed by atoms with Gasteiger partial charge in [-0.05, 0) is 29.0 Å². The van der Waals surface area contributed by atoms with E-state index in [0.717, 1.165) is 10.8 Å². The lowest BCUT2D eigenvalue weighted by Gasteiger charge is -2.14. The van der Waals surface area contributed by atoms with Gasteiger partial charge in [0.2, 0.25) is 6.10 Å². The van der Waals surface area contributed by atoms with Gasteiger partial charge in [0.05, 0.1) is 0 Å². The highest BCUT2D eigenvalue weighted by atomic mass is 19.1. The summed E-state index contributed by atoms with van der Waals surface area (Å²) in [6.45, 7) is 0. The molecule has 0 fully saturated rings. The molecule has 0 spiro atoms. The standard InChI is InChI=1S/C19H13FN2O2/c20-14-7-4-8-15(11-14)22-19(23)24-18(12-21)17-10-3-6-13-5-1-2-9-16(13)17/h1-11,18H,(H,22,23). The first kappa shape index (κ1) is 15.5. The van der Waals surface area contributed by atoms with Crippen LogP contribution >= 0.6 is 0 Å². The first-order chi connectivity index (χ1) is 11.7. The minimum absolute atomic E-state index is 0.259. The SMILES string of the molecule is N#CC(OC(=O)Nc1cccc(F)c1)c1cccc2ccccc12. The van der Waals surface area contributed by atoms with Gasteiger partial charge in [-0.15, -0.1) is 0 Å². The van der Waals surface area contributed by atoms with E-state index < -0.39 is 18.0 Å². The highest BCUT2D eigenvalue weighted by molar-refractivity contribution is 5.88. The number of nitrogens with one attached hydrogen (secondary N) is 1. The summed E-state index contributed by atoms with van der Waals surface area (Å²) in [6, 6.07) is 20.4. The maximum Gasteiger partial charge on any atom is 0.413 e. The quantitative estimate of drug-likeness (QED) is 0.754. The molecule has 0 aliphatic heterocycles. The predicted octanol–water partition coefficient (Wildman–Crippen LogP) is 4.79. The van der Waals surface area contributed by atoms with E-state index in [4.69, 9.17) is 4.74 Å². The van der Waals surface area contributed by atoms with Crippen LogP contribution in [0.3, 0.4) is 0 Å². The highest BCUT2D eigenvalue weighted by Crippen LogP contribution is 2.26. The molecular formula is C19H13FN2O2. The van der Waals surface area contributed by atoms with Crippen molar-refractivity contribution in [3.8, 4) is 6.07 Å². The second-order valence-corrected chi connectivity index (χ2v) is 5.12. The number of hydrogen-bond acceptors (Lipinski definition) is 3. The van der Waals surface area contributed by atoms with Crippen LogP contribution in [0.2, 0.25) is 0 Å². The number of amides is 1.